The van der Waals surface area contributed by atoms with Crippen LogP contribution in [0.25, 0.3) is 0 Å². The number of hydrogen-bond donors (Lipinski definition) is 3. The number of hydrogen-bond acceptors (Lipinski definition) is 6. The molecule has 2 heterocycles. The van der Waals surface area contributed by atoms with Gasteiger partial charge in [-0.1, -0.05) is 23.2 Å². The van der Waals surface area contributed by atoms with E-state index in [-0.39, 0.29) is 5.57 Å². The first-order chi connectivity index (χ1) is 17.9. The van der Waals surface area contributed by atoms with E-state index in [2.05, 4.69) is 21.2 Å². The topological polar surface area (TPSA) is 109 Å². The van der Waals surface area contributed by atoms with E-state index in [9.17, 15) is 10.1 Å². The third kappa shape index (κ3) is 6.69. The molecule has 2 aliphatic rings. The van der Waals surface area contributed by atoms with E-state index in [0.29, 0.717) is 33.0 Å². The molecule has 2 fully saturated rings. The van der Waals surface area contributed by atoms with Crippen LogP contribution < -0.4 is 15.5 Å². The van der Waals surface area contributed by atoms with Crippen LogP contribution in [-0.2, 0) is 9.53 Å². The number of piperidine rings is 1. The van der Waals surface area contributed by atoms with Crippen molar-refractivity contribution in [3.63, 3.8) is 0 Å². The summed E-state index contributed by atoms with van der Waals surface area (Å²) < 4.78 is 5.48. The average molecular weight is 542 g/mol. The van der Waals surface area contributed by atoms with Crippen molar-refractivity contribution < 1.29 is 14.8 Å². The highest BCUT2D eigenvalue weighted by molar-refractivity contribution is 6.42. The van der Waals surface area contributed by atoms with Gasteiger partial charge in [-0.15, -0.1) is 0 Å². The second kappa shape index (κ2) is 12.5. The van der Waals surface area contributed by atoms with Gasteiger partial charge in [0, 0.05) is 63.2 Å². The first-order valence-corrected chi connectivity index (χ1v) is 13.1. The molecule has 2 aromatic carbocycles. The molecule has 1 amide bonds. The van der Waals surface area contributed by atoms with Crippen LogP contribution in [0, 0.1) is 16.7 Å². The lowest BCUT2D eigenvalue weighted by Crippen LogP contribution is -2.75. The van der Waals surface area contributed by atoms with Gasteiger partial charge in [-0.2, -0.15) is 5.26 Å². The quantitative estimate of drug-likeness (QED) is 0.279. The molecular weight excluding hydrogens is 511 g/mol. The monoisotopic (exact) mass is 541 g/mol. The molecule has 0 unspecified atom stereocenters. The van der Waals surface area contributed by atoms with Gasteiger partial charge in [0.1, 0.15) is 23.0 Å². The number of quaternary nitrogens is 1. The van der Waals surface area contributed by atoms with E-state index in [0.717, 1.165) is 69.8 Å². The third-order valence-electron chi connectivity index (χ3n) is 6.88. The third-order valence-corrected chi connectivity index (χ3v) is 7.62. The summed E-state index contributed by atoms with van der Waals surface area (Å²) in [7, 11) is 0. The maximum Gasteiger partial charge on any atom is 0.262 e. The Morgan fingerprint density at radius 1 is 1.14 bits per heavy atom. The van der Waals surface area contributed by atoms with E-state index in [1.807, 2.05) is 12.1 Å². The van der Waals surface area contributed by atoms with Gasteiger partial charge < -0.3 is 20.4 Å². The largest absolute Gasteiger partial charge is 0.379 e. The van der Waals surface area contributed by atoms with E-state index < -0.39 is 5.91 Å². The van der Waals surface area contributed by atoms with Crippen LogP contribution in [0.15, 0.2) is 47.7 Å². The van der Waals surface area contributed by atoms with Crippen LogP contribution in [0.1, 0.15) is 25.3 Å². The number of nitrogens with two attached hydrogens (primary N) is 1. The fraction of sp³-hybridized carbons (Fsp3) is 0.370. The Labute approximate surface area is 227 Å². The summed E-state index contributed by atoms with van der Waals surface area (Å²) in [4.78, 5) is 17.7. The summed E-state index contributed by atoms with van der Waals surface area (Å²) in [6, 6.07) is 13.4. The first-order valence-electron chi connectivity index (χ1n) is 12.3. The normalized spacial score (nSPS) is 17.6. The van der Waals surface area contributed by atoms with Crippen molar-refractivity contribution in [2.24, 2.45) is 0 Å². The number of rotatable bonds is 7. The van der Waals surface area contributed by atoms with E-state index >= 15 is 0 Å². The molecule has 0 radical (unpaired) electrons. The fourth-order valence-corrected chi connectivity index (χ4v) is 5.19. The number of benzene rings is 2. The zero-order valence-corrected chi connectivity index (χ0v) is 22.3. The molecule has 4 N–H and O–H groups in total. The second-order valence-electron chi connectivity index (χ2n) is 9.22. The molecular formula is C27H31Cl2N6O2+. The highest BCUT2D eigenvalue weighted by atomic mass is 35.5. The number of carbonyl (C=O) groups is 1. The number of allylic oxidation sites excluding steroid dienone is 1. The lowest BCUT2D eigenvalue weighted by molar-refractivity contribution is -0.517. The minimum absolute atomic E-state index is 0.207. The number of nitrogens with zero attached hydrogens (tertiary/aromatic N) is 3. The molecule has 2 aliphatic heterocycles. The maximum absolute atomic E-state index is 13.0. The number of nitrogens with one attached hydrogen (secondary N) is 2. The van der Waals surface area contributed by atoms with Gasteiger partial charge in [-0.25, -0.2) is 0 Å². The number of anilines is 2. The van der Waals surface area contributed by atoms with Gasteiger partial charge in [-0.3, -0.25) is 15.0 Å². The molecule has 0 saturated carbocycles. The van der Waals surface area contributed by atoms with Crippen molar-refractivity contribution in [1.29, 1.82) is 10.7 Å². The lowest BCUT2D eigenvalue weighted by Gasteiger charge is -2.41. The summed E-state index contributed by atoms with van der Waals surface area (Å²) in [6.07, 6.45) is 3.12. The highest BCUT2D eigenvalue weighted by Gasteiger charge is 2.27. The molecule has 2 aromatic rings. The van der Waals surface area contributed by atoms with Gasteiger partial charge >= 0.3 is 0 Å². The van der Waals surface area contributed by atoms with Crippen LogP contribution in [0.5, 0.6) is 0 Å². The zero-order valence-electron chi connectivity index (χ0n) is 20.8. The number of amides is 1. The molecule has 10 heteroatoms. The van der Waals surface area contributed by atoms with Crippen molar-refractivity contribution >= 4 is 52.4 Å². The number of halogens is 2. The molecule has 0 spiro atoms. The summed E-state index contributed by atoms with van der Waals surface area (Å²) >= 11 is 12.1. The maximum atomic E-state index is 13.0. The minimum atomic E-state index is -0.424. The van der Waals surface area contributed by atoms with Crippen molar-refractivity contribution in [3.05, 3.63) is 63.3 Å². The Hall–Kier alpha value is -2.93. The Bertz CT molecular complexity index is 1230. The molecule has 0 aromatic heterocycles. The van der Waals surface area contributed by atoms with Gasteiger partial charge in [0.05, 0.1) is 34.5 Å². The lowest BCUT2D eigenvalue weighted by atomic mass is 10.0. The SMILES string of the molecule is C/C([NH2+]c1ccc(Cl)c(Cl)c1)=C(/C=N)C(=O)Nc1ccc(N2CCC(N3CCOCC3)CC2)c(C#N)c1. The molecule has 0 atom stereocenters. The van der Waals surface area contributed by atoms with Crippen molar-refractivity contribution in [3.8, 4) is 6.07 Å². The molecule has 2 saturated heterocycles. The predicted octanol–water partition coefficient (Wildman–Crippen LogP) is 3.92. The zero-order chi connectivity index (χ0) is 26.4. The number of morpholine rings is 1. The number of nitriles is 1. The van der Waals surface area contributed by atoms with Gasteiger partial charge in [0.15, 0.2) is 0 Å². The Kier molecular flexibility index (Phi) is 9.19. The van der Waals surface area contributed by atoms with Crippen LogP contribution >= 0.6 is 23.2 Å². The molecule has 8 nitrogen and oxygen atoms in total. The van der Waals surface area contributed by atoms with Gasteiger partial charge in [0.25, 0.3) is 5.91 Å². The fourth-order valence-electron chi connectivity index (χ4n) is 4.88. The van der Waals surface area contributed by atoms with Crippen LogP contribution in [0.4, 0.5) is 17.1 Å². The summed E-state index contributed by atoms with van der Waals surface area (Å²) in [5.41, 5.74) is 3.49. The van der Waals surface area contributed by atoms with Gasteiger partial charge in [-0.05, 0) is 37.1 Å². The van der Waals surface area contributed by atoms with Crippen LogP contribution in [0.2, 0.25) is 10.0 Å². The van der Waals surface area contributed by atoms with Gasteiger partial charge in [0.2, 0.25) is 0 Å². The smallest absolute Gasteiger partial charge is 0.262 e. The number of ether oxygens (including phenoxy) is 1. The summed E-state index contributed by atoms with van der Waals surface area (Å²) in [6.45, 7) is 7.09. The van der Waals surface area contributed by atoms with Crippen molar-refractivity contribution in [2.45, 2.75) is 25.8 Å². The minimum Gasteiger partial charge on any atom is -0.379 e. The summed E-state index contributed by atoms with van der Waals surface area (Å²) in [5, 5.41) is 23.1. The predicted molar refractivity (Wildman–Crippen MR) is 147 cm³/mol. The molecule has 37 heavy (non-hydrogen) atoms. The summed E-state index contributed by atoms with van der Waals surface area (Å²) in [5.74, 6) is -0.424. The second-order valence-corrected chi connectivity index (χ2v) is 10.0. The first kappa shape index (κ1) is 27.1. The molecule has 194 valence electrons. The molecule has 0 bridgehead atoms. The highest BCUT2D eigenvalue weighted by Crippen LogP contribution is 2.28. The molecule has 0 aliphatic carbocycles. The van der Waals surface area contributed by atoms with E-state index in [1.54, 1.807) is 36.5 Å². The standard InChI is InChI=1S/C27H30Cl2N6O2/c1-18(32-21-2-4-24(28)25(29)15-21)23(17-31)27(36)33-20-3-5-26(19(14-20)16-30)35-8-6-22(7-9-35)34-10-12-37-13-11-34/h2-5,14-15,17,22,31-32H,6-13H2,1H3,(H,33,36)/p+1/b23-18+,31-17?. The number of carbonyl (C=O) groups excluding carboxylic acids is 1. The van der Waals surface area contributed by atoms with Crippen molar-refractivity contribution in [2.75, 3.05) is 49.6 Å². The van der Waals surface area contributed by atoms with E-state index in [1.165, 1.54) is 0 Å². The van der Waals surface area contributed by atoms with E-state index in [4.69, 9.17) is 33.3 Å². The van der Waals surface area contributed by atoms with Crippen molar-refractivity contribution in [1.82, 2.24) is 4.90 Å². The Balaban J connectivity index is 1.42. The Morgan fingerprint density at radius 3 is 2.51 bits per heavy atom. The average Bonchev–Trinajstić information content (AvgIpc) is 2.91. The Morgan fingerprint density at radius 2 is 1.86 bits per heavy atom. The molecule has 4 rings (SSSR count). The van der Waals surface area contributed by atoms with Crippen LogP contribution in [-0.4, -0.2) is 62.5 Å². The van der Waals surface area contributed by atoms with Crippen LogP contribution in [0.3, 0.4) is 0 Å².